The lowest BCUT2D eigenvalue weighted by Crippen LogP contribution is -2.31. The third kappa shape index (κ3) is 3.40. The quantitative estimate of drug-likeness (QED) is 0.548. The number of amides is 1. The third-order valence-corrected chi connectivity index (χ3v) is 3.31. The van der Waals surface area contributed by atoms with Crippen LogP contribution in [0.25, 0.3) is 0 Å². The van der Waals surface area contributed by atoms with Crippen molar-refractivity contribution in [2.75, 3.05) is 12.0 Å². The van der Waals surface area contributed by atoms with Gasteiger partial charge in [-0.3, -0.25) is 4.79 Å². The molecule has 1 aromatic heterocycles. The van der Waals surface area contributed by atoms with Gasteiger partial charge in [-0.25, -0.2) is 15.8 Å². The number of nitrogens with two attached hydrogens (primary N) is 1. The number of hydrazine groups is 1. The number of rotatable bonds is 4. The molecule has 1 heterocycles. The van der Waals surface area contributed by atoms with E-state index in [0.717, 1.165) is 6.54 Å². The molecule has 0 saturated heterocycles. The number of nitrogens with zero attached hydrogens (tertiary/aromatic N) is 2. The van der Waals surface area contributed by atoms with Gasteiger partial charge in [0.1, 0.15) is 5.69 Å². The topological polar surface area (TPSA) is 92.9 Å². The Morgan fingerprint density at radius 1 is 1.28 bits per heavy atom. The summed E-state index contributed by atoms with van der Waals surface area (Å²) in [6.07, 6.45) is 9.16. The van der Waals surface area contributed by atoms with Crippen LogP contribution in [0.5, 0.6) is 0 Å². The Bertz CT molecular complexity index is 386. The second-order valence-corrected chi connectivity index (χ2v) is 4.65. The van der Waals surface area contributed by atoms with Gasteiger partial charge in [0.2, 0.25) is 0 Å². The predicted octanol–water partition coefficient (Wildman–Crippen LogP) is 1.07. The smallest absolute Gasteiger partial charge is 0.271 e. The van der Waals surface area contributed by atoms with Crippen molar-refractivity contribution in [3.05, 3.63) is 18.1 Å². The highest BCUT2D eigenvalue weighted by molar-refractivity contribution is 5.91. The number of carbonyl (C=O) groups excluding carboxylic acids is 1. The number of nitrogen functional groups attached to an aromatic ring is 1. The van der Waals surface area contributed by atoms with Gasteiger partial charge in [0, 0.05) is 6.54 Å². The van der Waals surface area contributed by atoms with Crippen LogP contribution in [0.3, 0.4) is 0 Å². The summed E-state index contributed by atoms with van der Waals surface area (Å²) in [5, 5.41) is 2.91. The van der Waals surface area contributed by atoms with E-state index >= 15 is 0 Å². The summed E-state index contributed by atoms with van der Waals surface area (Å²) in [6, 6.07) is 0. The van der Waals surface area contributed by atoms with Gasteiger partial charge in [0.05, 0.1) is 12.4 Å². The van der Waals surface area contributed by atoms with Gasteiger partial charge in [-0.05, 0) is 18.8 Å². The van der Waals surface area contributed by atoms with Crippen LogP contribution in [-0.4, -0.2) is 22.4 Å². The van der Waals surface area contributed by atoms with E-state index in [2.05, 4.69) is 20.7 Å². The lowest BCUT2D eigenvalue weighted by atomic mass is 9.89. The molecule has 98 valence electrons. The van der Waals surface area contributed by atoms with E-state index in [-0.39, 0.29) is 5.91 Å². The van der Waals surface area contributed by atoms with Gasteiger partial charge in [-0.1, -0.05) is 19.3 Å². The van der Waals surface area contributed by atoms with E-state index < -0.39 is 0 Å². The highest BCUT2D eigenvalue weighted by Gasteiger charge is 2.15. The minimum absolute atomic E-state index is 0.170. The molecule has 1 saturated carbocycles. The molecule has 1 aliphatic carbocycles. The minimum Gasteiger partial charge on any atom is -0.350 e. The van der Waals surface area contributed by atoms with E-state index in [4.69, 9.17) is 5.84 Å². The molecule has 4 N–H and O–H groups in total. The summed E-state index contributed by atoms with van der Waals surface area (Å²) in [4.78, 5) is 19.8. The van der Waals surface area contributed by atoms with Crippen molar-refractivity contribution in [1.82, 2.24) is 15.3 Å². The van der Waals surface area contributed by atoms with Crippen LogP contribution in [0.1, 0.15) is 42.6 Å². The van der Waals surface area contributed by atoms with Crippen molar-refractivity contribution in [2.24, 2.45) is 11.8 Å². The molecule has 1 aliphatic rings. The SMILES string of the molecule is NNc1cnc(C(=O)NCC2CCCCC2)cn1. The van der Waals surface area contributed by atoms with E-state index in [1.54, 1.807) is 0 Å². The zero-order chi connectivity index (χ0) is 12.8. The van der Waals surface area contributed by atoms with Gasteiger partial charge in [0.15, 0.2) is 5.82 Å². The Kier molecular flexibility index (Phi) is 4.46. The fraction of sp³-hybridized carbons (Fsp3) is 0.583. The highest BCUT2D eigenvalue weighted by atomic mass is 16.1. The van der Waals surface area contributed by atoms with E-state index in [1.807, 2.05) is 0 Å². The van der Waals surface area contributed by atoms with Crippen LogP contribution in [0, 0.1) is 5.92 Å². The number of hydrogen-bond acceptors (Lipinski definition) is 5. The Morgan fingerprint density at radius 3 is 2.67 bits per heavy atom. The summed E-state index contributed by atoms with van der Waals surface area (Å²) < 4.78 is 0. The van der Waals surface area contributed by atoms with Crippen LogP contribution < -0.4 is 16.6 Å². The van der Waals surface area contributed by atoms with Crippen LogP contribution >= 0.6 is 0 Å². The molecular weight excluding hydrogens is 230 g/mol. The largest absolute Gasteiger partial charge is 0.350 e. The standard InChI is InChI=1S/C12H19N5O/c13-17-11-8-14-10(7-15-11)12(18)16-6-9-4-2-1-3-5-9/h7-9H,1-6,13H2,(H,15,17)(H,16,18). The number of anilines is 1. The molecule has 6 heteroatoms. The summed E-state index contributed by atoms with van der Waals surface area (Å²) in [7, 11) is 0. The van der Waals surface area contributed by atoms with Gasteiger partial charge in [0.25, 0.3) is 5.91 Å². The lowest BCUT2D eigenvalue weighted by molar-refractivity contribution is 0.0938. The Hall–Kier alpha value is -1.69. The van der Waals surface area contributed by atoms with Crippen molar-refractivity contribution < 1.29 is 4.79 Å². The Balaban J connectivity index is 1.82. The normalized spacial score (nSPS) is 16.3. The van der Waals surface area contributed by atoms with Crippen LogP contribution in [0.2, 0.25) is 0 Å². The first-order chi connectivity index (χ1) is 8.79. The number of hydrogen-bond donors (Lipinski definition) is 3. The second-order valence-electron chi connectivity index (χ2n) is 4.65. The fourth-order valence-corrected chi connectivity index (χ4v) is 2.24. The Morgan fingerprint density at radius 2 is 2.06 bits per heavy atom. The molecule has 2 rings (SSSR count). The summed E-state index contributed by atoms with van der Waals surface area (Å²) in [5.41, 5.74) is 2.70. The maximum atomic E-state index is 11.8. The van der Waals surface area contributed by atoms with Crippen molar-refractivity contribution in [1.29, 1.82) is 0 Å². The first-order valence-corrected chi connectivity index (χ1v) is 6.36. The first kappa shape index (κ1) is 12.8. The fourth-order valence-electron chi connectivity index (χ4n) is 2.24. The summed E-state index contributed by atoms with van der Waals surface area (Å²) in [6.45, 7) is 0.734. The van der Waals surface area contributed by atoms with Crippen LogP contribution in [0.15, 0.2) is 12.4 Å². The molecule has 0 radical (unpaired) electrons. The third-order valence-electron chi connectivity index (χ3n) is 3.31. The number of aromatic nitrogens is 2. The first-order valence-electron chi connectivity index (χ1n) is 6.36. The molecule has 0 unspecified atom stereocenters. The number of nitrogens with one attached hydrogen (secondary N) is 2. The van der Waals surface area contributed by atoms with Crippen molar-refractivity contribution in [2.45, 2.75) is 32.1 Å². The van der Waals surface area contributed by atoms with E-state index in [1.165, 1.54) is 44.5 Å². The maximum Gasteiger partial charge on any atom is 0.271 e. The van der Waals surface area contributed by atoms with Gasteiger partial charge < -0.3 is 10.7 Å². The molecular formula is C12H19N5O. The summed E-state index contributed by atoms with van der Waals surface area (Å²) >= 11 is 0. The molecule has 0 bridgehead atoms. The zero-order valence-electron chi connectivity index (χ0n) is 10.4. The van der Waals surface area contributed by atoms with Gasteiger partial charge in [-0.2, -0.15) is 0 Å². The molecule has 1 aromatic rings. The van der Waals surface area contributed by atoms with Crippen LogP contribution in [0.4, 0.5) is 5.82 Å². The second kappa shape index (κ2) is 6.30. The highest BCUT2D eigenvalue weighted by Crippen LogP contribution is 2.22. The zero-order valence-corrected chi connectivity index (χ0v) is 10.4. The average Bonchev–Trinajstić information content (AvgIpc) is 2.46. The van der Waals surface area contributed by atoms with Gasteiger partial charge in [-0.15, -0.1) is 0 Å². The molecule has 0 aromatic carbocycles. The maximum absolute atomic E-state index is 11.8. The van der Waals surface area contributed by atoms with Crippen molar-refractivity contribution >= 4 is 11.7 Å². The monoisotopic (exact) mass is 249 g/mol. The molecule has 1 fully saturated rings. The van der Waals surface area contributed by atoms with Crippen molar-refractivity contribution in [3.63, 3.8) is 0 Å². The molecule has 0 spiro atoms. The lowest BCUT2D eigenvalue weighted by Gasteiger charge is -2.21. The molecule has 18 heavy (non-hydrogen) atoms. The molecule has 6 nitrogen and oxygen atoms in total. The van der Waals surface area contributed by atoms with Gasteiger partial charge >= 0.3 is 0 Å². The van der Waals surface area contributed by atoms with E-state index in [9.17, 15) is 4.79 Å². The summed E-state index contributed by atoms with van der Waals surface area (Å²) in [5.74, 6) is 6.06. The molecule has 0 atom stereocenters. The minimum atomic E-state index is -0.170. The van der Waals surface area contributed by atoms with E-state index in [0.29, 0.717) is 17.4 Å². The Labute approximate surface area is 106 Å². The molecule has 0 aliphatic heterocycles. The molecule has 1 amide bonds. The number of carbonyl (C=O) groups is 1. The van der Waals surface area contributed by atoms with Crippen molar-refractivity contribution in [3.8, 4) is 0 Å². The predicted molar refractivity (Wildman–Crippen MR) is 68.8 cm³/mol. The average molecular weight is 249 g/mol. The van der Waals surface area contributed by atoms with Crippen LogP contribution in [-0.2, 0) is 0 Å².